The van der Waals surface area contributed by atoms with E-state index < -0.39 is 6.09 Å². The van der Waals surface area contributed by atoms with Gasteiger partial charge in [-0.1, -0.05) is 23.7 Å². The van der Waals surface area contributed by atoms with E-state index in [4.69, 9.17) is 21.4 Å². The molecular weight excluding hydrogens is 328 g/mol. The van der Waals surface area contributed by atoms with Gasteiger partial charge in [0.05, 0.1) is 11.1 Å². The Labute approximate surface area is 148 Å². The Balaban J connectivity index is 1.52. The molecule has 24 heavy (non-hydrogen) atoms. The third-order valence-electron chi connectivity index (χ3n) is 4.98. The summed E-state index contributed by atoms with van der Waals surface area (Å²) in [4.78, 5) is 14.6. The predicted octanol–water partition coefficient (Wildman–Crippen LogP) is 3.70. The third kappa shape index (κ3) is 4.14. The van der Waals surface area contributed by atoms with Gasteiger partial charge in [-0.25, -0.2) is 4.79 Å². The maximum atomic E-state index is 10.8. The molecular formula is C18H25ClN2O3. The first-order valence-electron chi connectivity index (χ1n) is 8.63. The summed E-state index contributed by atoms with van der Waals surface area (Å²) in [5.41, 5.74) is 1.12. The van der Waals surface area contributed by atoms with Crippen molar-refractivity contribution in [2.45, 2.75) is 38.3 Å². The van der Waals surface area contributed by atoms with Crippen LogP contribution >= 0.6 is 11.6 Å². The summed E-state index contributed by atoms with van der Waals surface area (Å²) in [7, 11) is 1.61. The molecule has 1 N–H and O–H groups in total. The Morgan fingerprint density at radius 2 is 2.08 bits per heavy atom. The lowest BCUT2D eigenvalue weighted by molar-refractivity contribution is 0.0474. The van der Waals surface area contributed by atoms with Crippen molar-refractivity contribution in [1.29, 1.82) is 0 Å². The van der Waals surface area contributed by atoms with Gasteiger partial charge in [0.15, 0.2) is 0 Å². The topological polar surface area (TPSA) is 53.0 Å². The quantitative estimate of drug-likeness (QED) is 0.848. The summed E-state index contributed by atoms with van der Waals surface area (Å²) in [5.74, 6) is 1.13. The van der Waals surface area contributed by atoms with E-state index in [-0.39, 0.29) is 6.10 Å². The van der Waals surface area contributed by atoms with Gasteiger partial charge in [0, 0.05) is 20.1 Å². The number of carboxylic acid groups (broad SMARTS) is 1. The number of carbonyl (C=O) groups is 1. The van der Waals surface area contributed by atoms with E-state index in [1.807, 2.05) is 12.1 Å². The van der Waals surface area contributed by atoms with Crippen molar-refractivity contribution in [2.24, 2.45) is 5.92 Å². The van der Waals surface area contributed by atoms with Crippen LogP contribution in [0.2, 0.25) is 5.02 Å². The number of halogens is 1. The molecule has 0 spiro atoms. The third-order valence-corrected chi connectivity index (χ3v) is 5.41. The fourth-order valence-electron chi connectivity index (χ4n) is 3.52. The fraction of sp³-hybridized carbons (Fsp3) is 0.611. The second-order valence-corrected chi connectivity index (χ2v) is 7.33. The average Bonchev–Trinajstić information content (AvgIpc) is 3.01. The van der Waals surface area contributed by atoms with E-state index in [2.05, 4.69) is 11.0 Å². The highest BCUT2D eigenvalue weighted by molar-refractivity contribution is 6.32. The molecule has 0 atom stereocenters. The number of amides is 1. The maximum absolute atomic E-state index is 10.8. The highest BCUT2D eigenvalue weighted by atomic mass is 35.5. The van der Waals surface area contributed by atoms with E-state index in [0.717, 1.165) is 48.8 Å². The molecule has 2 fully saturated rings. The molecule has 3 rings (SSSR count). The average molecular weight is 353 g/mol. The van der Waals surface area contributed by atoms with Crippen molar-refractivity contribution >= 4 is 17.7 Å². The first-order chi connectivity index (χ1) is 11.5. The Hall–Kier alpha value is -1.46. The summed E-state index contributed by atoms with van der Waals surface area (Å²) < 4.78 is 6.04. The molecule has 1 aliphatic carbocycles. The van der Waals surface area contributed by atoms with Crippen LogP contribution in [0.4, 0.5) is 4.79 Å². The van der Waals surface area contributed by atoms with Crippen LogP contribution in [0.1, 0.15) is 31.2 Å². The molecule has 1 aromatic rings. The van der Waals surface area contributed by atoms with Crippen molar-refractivity contribution in [3.05, 3.63) is 28.8 Å². The first-order valence-corrected chi connectivity index (χ1v) is 9.01. The molecule has 1 aliphatic heterocycles. The molecule has 1 heterocycles. The number of likely N-dealkylation sites (tertiary alicyclic amines) is 1. The fourth-order valence-corrected chi connectivity index (χ4v) is 3.75. The molecule has 1 saturated carbocycles. The zero-order valence-electron chi connectivity index (χ0n) is 14.1. The van der Waals surface area contributed by atoms with Crippen molar-refractivity contribution in [3.63, 3.8) is 0 Å². The number of hydrogen-bond acceptors (Lipinski definition) is 3. The number of nitrogens with zero attached hydrogens (tertiary/aromatic N) is 2. The smallest absolute Gasteiger partial charge is 0.407 e. The van der Waals surface area contributed by atoms with Gasteiger partial charge >= 0.3 is 6.09 Å². The molecule has 1 amide bonds. The molecule has 0 radical (unpaired) electrons. The summed E-state index contributed by atoms with van der Waals surface area (Å²) in [6.07, 6.45) is 3.55. The van der Waals surface area contributed by atoms with E-state index in [0.29, 0.717) is 12.5 Å². The van der Waals surface area contributed by atoms with Gasteiger partial charge in [-0.15, -0.1) is 0 Å². The van der Waals surface area contributed by atoms with Gasteiger partial charge in [-0.3, -0.25) is 4.90 Å². The maximum Gasteiger partial charge on any atom is 0.407 e. The molecule has 0 bridgehead atoms. The normalized spacial score (nSPS) is 23.8. The van der Waals surface area contributed by atoms with Gasteiger partial charge < -0.3 is 14.7 Å². The van der Waals surface area contributed by atoms with Crippen LogP contribution in [0, 0.1) is 5.92 Å². The van der Waals surface area contributed by atoms with Crippen molar-refractivity contribution < 1.29 is 14.6 Å². The van der Waals surface area contributed by atoms with Crippen molar-refractivity contribution in [2.75, 3.05) is 26.7 Å². The standard InChI is InChI=1S/C18H25ClN2O3/c1-20(18(22)23)11-13-9-15(10-13)24-16-6-4-5-14(17(16)19)12-21-7-2-3-8-21/h4-6,13,15H,2-3,7-12H2,1H3,(H,22,23). The second-order valence-electron chi connectivity index (χ2n) is 6.95. The van der Waals surface area contributed by atoms with E-state index >= 15 is 0 Å². The number of hydrogen-bond donors (Lipinski definition) is 1. The zero-order valence-corrected chi connectivity index (χ0v) is 14.8. The van der Waals surface area contributed by atoms with Crippen LogP contribution in [-0.4, -0.2) is 53.8 Å². The van der Waals surface area contributed by atoms with Gasteiger partial charge in [-0.2, -0.15) is 0 Å². The van der Waals surface area contributed by atoms with Crippen LogP contribution in [0.15, 0.2) is 18.2 Å². The highest BCUT2D eigenvalue weighted by Gasteiger charge is 2.33. The van der Waals surface area contributed by atoms with E-state index in [9.17, 15) is 4.79 Å². The first kappa shape index (κ1) is 17.4. The van der Waals surface area contributed by atoms with Crippen LogP contribution in [0.3, 0.4) is 0 Å². The van der Waals surface area contributed by atoms with E-state index in [1.54, 1.807) is 7.05 Å². The molecule has 0 unspecified atom stereocenters. The Morgan fingerprint density at radius 1 is 1.38 bits per heavy atom. The minimum absolute atomic E-state index is 0.136. The summed E-state index contributed by atoms with van der Waals surface area (Å²) in [5, 5.41) is 9.63. The predicted molar refractivity (Wildman–Crippen MR) is 93.8 cm³/mol. The molecule has 0 aromatic heterocycles. The molecule has 1 saturated heterocycles. The molecule has 132 valence electrons. The largest absolute Gasteiger partial charge is 0.489 e. The van der Waals surface area contributed by atoms with Gasteiger partial charge in [0.2, 0.25) is 0 Å². The van der Waals surface area contributed by atoms with Crippen LogP contribution in [0.25, 0.3) is 0 Å². The van der Waals surface area contributed by atoms with Crippen molar-refractivity contribution in [3.8, 4) is 5.75 Å². The lowest BCUT2D eigenvalue weighted by Gasteiger charge is -2.37. The molecule has 5 nitrogen and oxygen atoms in total. The SMILES string of the molecule is CN(CC1CC(Oc2cccc(CN3CCCC3)c2Cl)C1)C(=O)O. The lowest BCUT2D eigenvalue weighted by atomic mass is 9.82. The van der Waals surface area contributed by atoms with Gasteiger partial charge in [0.25, 0.3) is 0 Å². The minimum atomic E-state index is -0.878. The minimum Gasteiger partial charge on any atom is -0.489 e. The Morgan fingerprint density at radius 3 is 2.75 bits per heavy atom. The monoisotopic (exact) mass is 352 g/mol. The van der Waals surface area contributed by atoms with Crippen LogP contribution in [0.5, 0.6) is 5.75 Å². The van der Waals surface area contributed by atoms with Crippen molar-refractivity contribution in [1.82, 2.24) is 9.80 Å². The number of benzene rings is 1. The van der Waals surface area contributed by atoms with Crippen LogP contribution < -0.4 is 4.74 Å². The molecule has 1 aromatic carbocycles. The lowest BCUT2D eigenvalue weighted by Crippen LogP contribution is -2.41. The number of rotatable bonds is 6. The Bertz CT molecular complexity index is 584. The van der Waals surface area contributed by atoms with Crippen LogP contribution in [-0.2, 0) is 6.54 Å². The van der Waals surface area contributed by atoms with E-state index in [1.165, 1.54) is 17.7 Å². The zero-order chi connectivity index (χ0) is 17.1. The summed E-state index contributed by atoms with van der Waals surface area (Å²) >= 11 is 6.54. The second kappa shape index (κ2) is 7.62. The molecule has 6 heteroatoms. The Kier molecular flexibility index (Phi) is 5.51. The number of ether oxygens (including phenoxy) is 1. The van der Waals surface area contributed by atoms with Gasteiger partial charge in [-0.05, 0) is 56.3 Å². The highest BCUT2D eigenvalue weighted by Crippen LogP contribution is 2.36. The summed E-state index contributed by atoms with van der Waals surface area (Å²) in [6, 6.07) is 5.99. The molecule has 2 aliphatic rings. The summed E-state index contributed by atoms with van der Waals surface area (Å²) in [6.45, 7) is 3.73. The van der Waals surface area contributed by atoms with Gasteiger partial charge in [0.1, 0.15) is 5.75 Å².